The molecule has 2 aliphatic heterocycles. The molecule has 1 fully saturated rings. The number of anilines is 1. The lowest BCUT2D eigenvalue weighted by Crippen LogP contribution is -2.48. The summed E-state index contributed by atoms with van der Waals surface area (Å²) in [5.41, 5.74) is 2.09. The number of ether oxygens (including phenoxy) is 1. The maximum absolute atomic E-state index is 14.6. The van der Waals surface area contributed by atoms with Gasteiger partial charge in [-0.2, -0.15) is 0 Å². The van der Waals surface area contributed by atoms with Crippen LogP contribution in [0.15, 0.2) is 103 Å². The maximum Gasteiger partial charge on any atom is 0.185 e. The highest BCUT2D eigenvalue weighted by Gasteiger charge is 2.71. The van der Waals surface area contributed by atoms with Gasteiger partial charge in [-0.3, -0.25) is 14.4 Å². The molecule has 3 aliphatic rings. The Morgan fingerprint density at radius 3 is 2.15 bits per heavy atom. The van der Waals surface area contributed by atoms with Gasteiger partial charge in [0.25, 0.3) is 0 Å². The molecule has 0 saturated carbocycles. The molecule has 1 aliphatic carbocycles. The van der Waals surface area contributed by atoms with Crippen molar-refractivity contribution in [1.29, 1.82) is 0 Å². The van der Waals surface area contributed by atoms with Crippen LogP contribution in [-0.4, -0.2) is 36.5 Å². The van der Waals surface area contributed by atoms with Crippen LogP contribution in [-0.2, 0) is 0 Å². The van der Waals surface area contributed by atoms with Gasteiger partial charge in [-0.1, -0.05) is 90.5 Å². The molecule has 7 rings (SSSR count). The Bertz CT molecular complexity index is 1690. The number of rotatable bonds is 4. The van der Waals surface area contributed by atoms with E-state index in [-0.39, 0.29) is 17.3 Å². The van der Waals surface area contributed by atoms with Crippen molar-refractivity contribution in [2.24, 2.45) is 5.41 Å². The van der Waals surface area contributed by atoms with Gasteiger partial charge in [-0.25, -0.2) is 0 Å². The second-order valence-electron chi connectivity index (χ2n) is 10.4. The number of ketones is 3. The number of hydrogen-bond acceptors (Lipinski definition) is 5. The molecular weight excluding hydrogens is 522 g/mol. The van der Waals surface area contributed by atoms with Gasteiger partial charge in [-0.05, 0) is 41.5 Å². The quantitative estimate of drug-likeness (QED) is 0.212. The number of Topliss-reactive ketones (excluding diaryl/α,β-unsaturated/α-hetero) is 3. The summed E-state index contributed by atoms with van der Waals surface area (Å²) in [6.07, 6.45) is 3.81. The minimum absolute atomic E-state index is 0.156. The van der Waals surface area contributed by atoms with Crippen LogP contribution in [0.3, 0.4) is 0 Å². The zero-order valence-corrected chi connectivity index (χ0v) is 22.3. The van der Waals surface area contributed by atoms with E-state index in [1.54, 1.807) is 49.6 Å². The highest BCUT2D eigenvalue weighted by Crippen LogP contribution is 2.61. The molecule has 2 heterocycles. The summed E-state index contributed by atoms with van der Waals surface area (Å²) >= 11 is 6.36. The number of nitrogens with zero attached hydrogens (tertiary/aromatic N) is 1. The van der Waals surface area contributed by atoms with Crippen molar-refractivity contribution in [3.8, 4) is 5.75 Å². The van der Waals surface area contributed by atoms with E-state index in [2.05, 4.69) is 0 Å². The largest absolute Gasteiger partial charge is 0.497 e. The highest BCUT2D eigenvalue weighted by molar-refractivity contribution is 6.32. The monoisotopic (exact) mass is 545 g/mol. The summed E-state index contributed by atoms with van der Waals surface area (Å²) < 4.78 is 5.40. The number of fused-ring (bicyclic) bond motifs is 5. The number of methoxy groups -OCH3 is 1. The first-order chi connectivity index (χ1) is 19.5. The van der Waals surface area contributed by atoms with E-state index >= 15 is 0 Å². The maximum atomic E-state index is 14.6. The molecule has 196 valence electrons. The average molecular weight is 546 g/mol. The van der Waals surface area contributed by atoms with Gasteiger partial charge < -0.3 is 9.64 Å². The highest BCUT2D eigenvalue weighted by atomic mass is 35.5. The molecule has 0 amide bonds. The summed E-state index contributed by atoms with van der Waals surface area (Å²) in [5.74, 6) is -0.791. The van der Waals surface area contributed by atoms with Crippen LogP contribution < -0.4 is 9.64 Å². The molecule has 6 heteroatoms. The molecule has 40 heavy (non-hydrogen) atoms. The second kappa shape index (κ2) is 9.04. The molecule has 3 unspecified atom stereocenters. The Kier molecular flexibility index (Phi) is 5.55. The number of hydrogen-bond donors (Lipinski definition) is 0. The fourth-order valence-electron chi connectivity index (χ4n) is 6.91. The normalized spacial score (nSPS) is 21.8. The third-order valence-electron chi connectivity index (χ3n) is 8.57. The Labute approximate surface area is 236 Å². The Balaban J connectivity index is 1.54. The zero-order chi connectivity index (χ0) is 27.6. The van der Waals surface area contributed by atoms with E-state index < -0.39 is 23.4 Å². The molecule has 3 atom stereocenters. The minimum Gasteiger partial charge on any atom is -0.497 e. The van der Waals surface area contributed by atoms with Gasteiger partial charge in [0, 0.05) is 33.3 Å². The van der Waals surface area contributed by atoms with Gasteiger partial charge in [0.15, 0.2) is 17.3 Å². The summed E-state index contributed by atoms with van der Waals surface area (Å²) in [6, 6.07) is 27.4. The molecule has 5 nitrogen and oxygen atoms in total. The fourth-order valence-corrected chi connectivity index (χ4v) is 7.09. The molecule has 0 bridgehead atoms. The summed E-state index contributed by atoms with van der Waals surface area (Å²) in [4.78, 5) is 45.8. The zero-order valence-electron chi connectivity index (χ0n) is 21.6. The lowest BCUT2D eigenvalue weighted by Gasteiger charge is -2.37. The van der Waals surface area contributed by atoms with Crippen LogP contribution in [0.4, 0.5) is 5.69 Å². The average Bonchev–Trinajstić information content (AvgIpc) is 3.43. The lowest BCUT2D eigenvalue weighted by molar-refractivity contribution is 0.0666. The van der Waals surface area contributed by atoms with E-state index in [1.165, 1.54) is 0 Å². The van der Waals surface area contributed by atoms with Gasteiger partial charge in [0.1, 0.15) is 17.2 Å². The van der Waals surface area contributed by atoms with Gasteiger partial charge in [0.2, 0.25) is 0 Å². The van der Waals surface area contributed by atoms with Crippen LogP contribution in [0.25, 0.3) is 6.08 Å². The standard InChI is InChI=1S/C34H24ClNO4/c1-40-24-15-11-20(12-16-24)29-30(31(37)21-7-3-2-4-8-21)36-27-17-14-23(35)19-22(27)13-18-28(36)34(29)32(38)25-9-5-6-10-26(25)33(34)39/h2-19,28-30H,1H3. The first kappa shape index (κ1) is 24.6. The number of benzene rings is 4. The molecule has 0 aromatic heterocycles. The van der Waals surface area contributed by atoms with E-state index in [4.69, 9.17) is 16.3 Å². The third-order valence-corrected chi connectivity index (χ3v) is 8.80. The first-order valence-corrected chi connectivity index (χ1v) is 13.5. The first-order valence-electron chi connectivity index (χ1n) is 13.1. The van der Waals surface area contributed by atoms with Crippen molar-refractivity contribution in [3.63, 3.8) is 0 Å². The molecular formula is C34H24ClNO4. The van der Waals surface area contributed by atoms with E-state index in [0.717, 1.165) is 16.8 Å². The van der Waals surface area contributed by atoms with Gasteiger partial charge in [0.05, 0.1) is 13.2 Å². The Morgan fingerprint density at radius 2 is 1.50 bits per heavy atom. The van der Waals surface area contributed by atoms with Crippen LogP contribution in [0.5, 0.6) is 5.75 Å². The molecule has 4 aromatic carbocycles. The fraction of sp³-hybridized carbons (Fsp3) is 0.147. The van der Waals surface area contributed by atoms with E-state index in [9.17, 15) is 14.4 Å². The summed E-state index contributed by atoms with van der Waals surface area (Å²) in [5, 5.41) is 0.564. The Morgan fingerprint density at radius 1 is 0.850 bits per heavy atom. The lowest BCUT2D eigenvalue weighted by atomic mass is 9.64. The molecule has 1 saturated heterocycles. The molecule has 0 radical (unpaired) electrons. The van der Waals surface area contributed by atoms with Crippen LogP contribution in [0.1, 0.15) is 48.1 Å². The number of carbonyl (C=O) groups is 3. The van der Waals surface area contributed by atoms with E-state index in [0.29, 0.717) is 27.5 Å². The van der Waals surface area contributed by atoms with Crippen molar-refractivity contribution in [2.75, 3.05) is 12.0 Å². The number of halogens is 1. The summed E-state index contributed by atoms with van der Waals surface area (Å²) in [7, 11) is 1.58. The molecule has 4 aromatic rings. The number of carbonyl (C=O) groups excluding carboxylic acids is 3. The van der Waals surface area contributed by atoms with Crippen LogP contribution >= 0.6 is 11.6 Å². The molecule has 1 spiro atoms. The summed E-state index contributed by atoms with van der Waals surface area (Å²) in [6.45, 7) is 0. The van der Waals surface area contributed by atoms with Crippen molar-refractivity contribution < 1.29 is 19.1 Å². The van der Waals surface area contributed by atoms with Gasteiger partial charge >= 0.3 is 0 Å². The minimum atomic E-state index is -1.54. The Hall–Kier alpha value is -4.48. The van der Waals surface area contributed by atoms with E-state index in [1.807, 2.05) is 71.6 Å². The SMILES string of the molecule is COc1ccc(C2C(C(=O)c3ccccc3)N3c4ccc(Cl)cc4C=CC3C23C(=O)c2ccccc2C3=O)cc1. The smallest absolute Gasteiger partial charge is 0.185 e. The van der Waals surface area contributed by atoms with Crippen LogP contribution in [0.2, 0.25) is 5.02 Å². The van der Waals surface area contributed by atoms with Crippen molar-refractivity contribution >= 4 is 40.7 Å². The predicted molar refractivity (Wildman–Crippen MR) is 155 cm³/mol. The van der Waals surface area contributed by atoms with Crippen molar-refractivity contribution in [1.82, 2.24) is 0 Å². The van der Waals surface area contributed by atoms with Crippen molar-refractivity contribution in [2.45, 2.75) is 18.0 Å². The third kappa shape index (κ3) is 3.24. The topological polar surface area (TPSA) is 63.7 Å². The van der Waals surface area contributed by atoms with Crippen LogP contribution in [0, 0.1) is 5.41 Å². The predicted octanol–water partition coefficient (Wildman–Crippen LogP) is 6.66. The van der Waals surface area contributed by atoms with Crippen molar-refractivity contribution in [3.05, 3.63) is 136 Å². The molecule has 0 N–H and O–H groups in total. The second-order valence-corrected chi connectivity index (χ2v) is 10.8. The van der Waals surface area contributed by atoms with Gasteiger partial charge in [-0.15, -0.1) is 0 Å².